The van der Waals surface area contributed by atoms with Crippen LogP contribution in [-0.2, 0) is 20.1 Å². The molecule has 0 saturated heterocycles. The number of carboxylic acid groups (broad SMARTS) is 1. The van der Waals surface area contributed by atoms with Gasteiger partial charge < -0.3 is 10.4 Å². The number of nitrogens with zero attached hydrogens (tertiary/aromatic N) is 2. The van der Waals surface area contributed by atoms with Crippen molar-refractivity contribution in [3.8, 4) is 0 Å². The number of nitrogens with one attached hydrogen (secondary N) is 1. The van der Waals surface area contributed by atoms with Crippen LogP contribution >= 0.6 is 15.9 Å². The van der Waals surface area contributed by atoms with Crippen molar-refractivity contribution in [2.24, 2.45) is 7.05 Å². The molecule has 1 aromatic heterocycles. The van der Waals surface area contributed by atoms with Crippen LogP contribution in [0.3, 0.4) is 0 Å². The Labute approximate surface area is 125 Å². The number of aromatic carboxylic acids is 1. The summed E-state index contributed by atoms with van der Waals surface area (Å²) < 4.78 is 2.64. The Morgan fingerprint density at radius 2 is 2.10 bits per heavy atom. The molecular formula is C14H16BrN3O2. The Hall–Kier alpha value is -1.66. The van der Waals surface area contributed by atoms with Crippen molar-refractivity contribution in [3.05, 3.63) is 51.3 Å². The summed E-state index contributed by atoms with van der Waals surface area (Å²) in [6, 6.07) is 5.05. The normalized spacial score (nSPS) is 10.8. The number of halogens is 1. The quantitative estimate of drug-likeness (QED) is 0.879. The van der Waals surface area contributed by atoms with Gasteiger partial charge in [0.05, 0.1) is 11.8 Å². The second kappa shape index (κ2) is 6.19. The van der Waals surface area contributed by atoms with E-state index in [0.717, 1.165) is 27.8 Å². The summed E-state index contributed by atoms with van der Waals surface area (Å²) in [5.41, 5.74) is 3.60. The van der Waals surface area contributed by atoms with Gasteiger partial charge in [0.15, 0.2) is 0 Å². The van der Waals surface area contributed by atoms with E-state index in [-0.39, 0.29) is 5.56 Å². The van der Waals surface area contributed by atoms with Gasteiger partial charge in [0.2, 0.25) is 0 Å². The number of aryl methyl sites for hydroxylation is 1. The predicted octanol–water partition coefficient (Wildman–Crippen LogP) is 2.48. The van der Waals surface area contributed by atoms with E-state index in [1.165, 1.54) is 0 Å². The molecule has 0 atom stereocenters. The van der Waals surface area contributed by atoms with E-state index in [9.17, 15) is 4.79 Å². The zero-order valence-electron chi connectivity index (χ0n) is 11.4. The zero-order chi connectivity index (χ0) is 14.7. The topological polar surface area (TPSA) is 67.2 Å². The molecule has 0 bridgehead atoms. The molecule has 0 aliphatic carbocycles. The van der Waals surface area contributed by atoms with Gasteiger partial charge in [-0.2, -0.15) is 5.10 Å². The van der Waals surface area contributed by atoms with Crippen molar-refractivity contribution >= 4 is 21.9 Å². The van der Waals surface area contributed by atoms with Crippen molar-refractivity contribution in [1.29, 1.82) is 0 Å². The Kier molecular flexibility index (Phi) is 4.57. The molecule has 0 radical (unpaired) electrons. The molecule has 0 saturated carbocycles. The average Bonchev–Trinajstić information content (AvgIpc) is 2.72. The number of carboxylic acids is 1. The molecule has 0 unspecified atom stereocenters. The maximum Gasteiger partial charge on any atom is 0.335 e. The minimum absolute atomic E-state index is 0.281. The first-order chi connectivity index (χ1) is 9.49. The van der Waals surface area contributed by atoms with E-state index in [1.54, 1.807) is 12.1 Å². The van der Waals surface area contributed by atoms with Crippen LogP contribution in [0.1, 0.15) is 27.2 Å². The summed E-state index contributed by atoms with van der Waals surface area (Å²) in [5.74, 6) is -0.920. The van der Waals surface area contributed by atoms with Crippen LogP contribution < -0.4 is 5.32 Å². The van der Waals surface area contributed by atoms with E-state index in [4.69, 9.17) is 5.11 Å². The molecule has 0 fully saturated rings. The molecule has 0 spiro atoms. The fourth-order valence-corrected chi connectivity index (χ4v) is 2.39. The highest BCUT2D eigenvalue weighted by molar-refractivity contribution is 9.10. The third kappa shape index (κ3) is 3.26. The first-order valence-corrected chi connectivity index (χ1v) is 6.98. The third-order valence-corrected chi connectivity index (χ3v) is 4.01. The first-order valence-electron chi connectivity index (χ1n) is 6.19. The molecule has 5 nitrogen and oxygen atoms in total. The Bertz CT molecular complexity index is 637. The smallest absolute Gasteiger partial charge is 0.335 e. The van der Waals surface area contributed by atoms with Crippen LogP contribution in [0, 0.1) is 6.92 Å². The molecule has 0 aliphatic rings. The van der Waals surface area contributed by atoms with Gasteiger partial charge in [0.1, 0.15) is 0 Å². The molecule has 2 N–H and O–H groups in total. The lowest BCUT2D eigenvalue weighted by Gasteiger charge is -2.07. The van der Waals surface area contributed by atoms with Gasteiger partial charge in [-0.1, -0.05) is 22.0 Å². The molecule has 106 valence electrons. The maximum atomic E-state index is 10.9. The van der Waals surface area contributed by atoms with Crippen molar-refractivity contribution in [3.63, 3.8) is 0 Å². The van der Waals surface area contributed by atoms with Gasteiger partial charge in [-0.05, 0) is 24.6 Å². The highest BCUT2D eigenvalue weighted by atomic mass is 79.9. The van der Waals surface area contributed by atoms with Crippen molar-refractivity contribution < 1.29 is 9.90 Å². The van der Waals surface area contributed by atoms with Crippen LogP contribution in [0.2, 0.25) is 0 Å². The molecule has 2 rings (SSSR count). The monoisotopic (exact) mass is 337 g/mol. The van der Waals surface area contributed by atoms with E-state index >= 15 is 0 Å². The molecule has 20 heavy (non-hydrogen) atoms. The van der Waals surface area contributed by atoms with Crippen molar-refractivity contribution in [1.82, 2.24) is 15.1 Å². The summed E-state index contributed by atoms with van der Waals surface area (Å²) in [6.07, 6.45) is 1.85. The van der Waals surface area contributed by atoms with E-state index < -0.39 is 5.97 Å². The fourth-order valence-electron chi connectivity index (χ4n) is 1.87. The number of hydrogen-bond donors (Lipinski definition) is 2. The minimum Gasteiger partial charge on any atom is -0.478 e. The summed E-state index contributed by atoms with van der Waals surface area (Å²) in [7, 11) is 1.92. The lowest BCUT2D eigenvalue weighted by Crippen LogP contribution is -2.14. The number of benzene rings is 1. The molecule has 0 amide bonds. The molecule has 1 heterocycles. The van der Waals surface area contributed by atoms with Crippen LogP contribution in [-0.4, -0.2) is 20.9 Å². The van der Waals surface area contributed by atoms with Crippen molar-refractivity contribution in [2.75, 3.05) is 0 Å². The van der Waals surface area contributed by atoms with Gasteiger partial charge in [-0.3, -0.25) is 4.68 Å². The standard InChI is InChI=1S/C14H16BrN3O2/c1-9-12(8-17-18(9)2)7-16-6-11-4-3-10(14(19)20)5-13(11)15/h3-5,8,16H,6-7H2,1-2H3,(H,19,20). The number of carbonyl (C=O) groups is 1. The average molecular weight is 338 g/mol. The van der Waals surface area contributed by atoms with E-state index in [2.05, 4.69) is 26.3 Å². The number of hydrogen-bond acceptors (Lipinski definition) is 3. The van der Waals surface area contributed by atoms with Gasteiger partial charge in [-0.25, -0.2) is 4.79 Å². The summed E-state index contributed by atoms with van der Waals surface area (Å²) in [4.78, 5) is 10.9. The molecule has 6 heteroatoms. The van der Waals surface area contributed by atoms with Crippen molar-refractivity contribution in [2.45, 2.75) is 20.0 Å². The SMILES string of the molecule is Cc1c(CNCc2ccc(C(=O)O)cc2Br)cnn1C. The van der Waals surface area contributed by atoms with Crippen LogP contribution in [0.5, 0.6) is 0 Å². The van der Waals surface area contributed by atoms with Crippen LogP contribution in [0.15, 0.2) is 28.9 Å². The lowest BCUT2D eigenvalue weighted by atomic mass is 10.1. The highest BCUT2D eigenvalue weighted by Gasteiger charge is 2.07. The Morgan fingerprint density at radius 1 is 1.40 bits per heavy atom. The predicted molar refractivity (Wildman–Crippen MR) is 79.6 cm³/mol. The summed E-state index contributed by atoms with van der Waals surface area (Å²) in [5, 5.41) is 16.4. The zero-order valence-corrected chi connectivity index (χ0v) is 12.9. The van der Waals surface area contributed by atoms with Gasteiger partial charge >= 0.3 is 5.97 Å². The maximum absolute atomic E-state index is 10.9. The van der Waals surface area contributed by atoms with Crippen LogP contribution in [0.4, 0.5) is 0 Å². The van der Waals surface area contributed by atoms with E-state index in [0.29, 0.717) is 6.54 Å². The van der Waals surface area contributed by atoms with Gasteiger partial charge in [0.25, 0.3) is 0 Å². The fraction of sp³-hybridized carbons (Fsp3) is 0.286. The molecule has 0 aliphatic heterocycles. The second-order valence-electron chi connectivity index (χ2n) is 4.59. The number of aromatic nitrogens is 2. The van der Waals surface area contributed by atoms with Crippen LogP contribution in [0.25, 0.3) is 0 Å². The van der Waals surface area contributed by atoms with E-state index in [1.807, 2.05) is 30.9 Å². The van der Waals surface area contributed by atoms with Gasteiger partial charge in [0, 0.05) is 35.9 Å². The minimum atomic E-state index is -0.920. The molecule has 1 aromatic carbocycles. The largest absolute Gasteiger partial charge is 0.478 e. The molecule has 2 aromatic rings. The first kappa shape index (κ1) is 14.7. The Morgan fingerprint density at radius 3 is 2.65 bits per heavy atom. The summed E-state index contributed by atoms with van der Waals surface area (Å²) >= 11 is 3.40. The highest BCUT2D eigenvalue weighted by Crippen LogP contribution is 2.19. The van der Waals surface area contributed by atoms with Gasteiger partial charge in [-0.15, -0.1) is 0 Å². The lowest BCUT2D eigenvalue weighted by molar-refractivity contribution is 0.0697. The Balaban J connectivity index is 1.98. The second-order valence-corrected chi connectivity index (χ2v) is 5.45. The third-order valence-electron chi connectivity index (χ3n) is 3.27. The number of rotatable bonds is 5. The molecular weight excluding hydrogens is 322 g/mol. The summed E-state index contributed by atoms with van der Waals surface area (Å²) in [6.45, 7) is 3.42.